The second-order valence-corrected chi connectivity index (χ2v) is 6.27. The van der Waals surface area contributed by atoms with Crippen LogP contribution < -0.4 is 0 Å². The molecule has 0 spiro atoms. The number of aromatic hydroxyl groups is 1. The van der Waals surface area contributed by atoms with E-state index in [0.717, 1.165) is 22.4 Å². The van der Waals surface area contributed by atoms with Crippen molar-refractivity contribution in [3.63, 3.8) is 0 Å². The topological polar surface area (TPSA) is 91.4 Å². The number of phenols is 1. The molecule has 0 aliphatic carbocycles. The first kappa shape index (κ1) is 17.5. The molecule has 0 unspecified atom stereocenters. The Hall–Kier alpha value is -3.87. The van der Waals surface area contributed by atoms with Crippen molar-refractivity contribution < 1.29 is 19.3 Å². The van der Waals surface area contributed by atoms with Gasteiger partial charge in [-0.15, -0.1) is 0 Å². The molecule has 2 aromatic heterocycles. The van der Waals surface area contributed by atoms with Crippen molar-refractivity contribution in [3.05, 3.63) is 71.1 Å². The van der Waals surface area contributed by atoms with Gasteiger partial charge in [0, 0.05) is 12.1 Å². The normalized spacial score (nSPS) is 11.7. The first-order valence-corrected chi connectivity index (χ1v) is 8.63. The van der Waals surface area contributed by atoms with Gasteiger partial charge in [0.05, 0.1) is 21.5 Å². The molecule has 0 aliphatic heterocycles. The Labute approximate surface area is 160 Å². The minimum Gasteiger partial charge on any atom is -0.507 e. The van der Waals surface area contributed by atoms with E-state index in [0.29, 0.717) is 22.0 Å². The van der Waals surface area contributed by atoms with E-state index in [-0.39, 0.29) is 11.4 Å². The molecule has 7 nitrogen and oxygen atoms in total. The number of benzene rings is 2. The van der Waals surface area contributed by atoms with E-state index in [1.54, 1.807) is 12.1 Å². The maximum absolute atomic E-state index is 11.7. The molecule has 4 rings (SSSR count). The van der Waals surface area contributed by atoms with Crippen molar-refractivity contribution in [2.24, 2.45) is 0 Å². The largest absolute Gasteiger partial charge is 0.507 e. The third-order valence-corrected chi connectivity index (χ3v) is 4.37. The Morgan fingerprint density at radius 2 is 2.04 bits per heavy atom. The zero-order valence-electron chi connectivity index (χ0n) is 15.3. The Morgan fingerprint density at radius 3 is 2.82 bits per heavy atom. The molecule has 0 aliphatic rings. The average Bonchev–Trinajstić information content (AvgIpc) is 3.34. The number of imidazole rings is 1. The fourth-order valence-corrected chi connectivity index (χ4v) is 2.94. The number of fused-ring (bicyclic) bond motifs is 1. The summed E-state index contributed by atoms with van der Waals surface area (Å²) in [6, 6.07) is 15.7. The van der Waals surface area contributed by atoms with Gasteiger partial charge in [-0.2, -0.15) is 0 Å². The molecule has 0 amide bonds. The van der Waals surface area contributed by atoms with Crippen molar-refractivity contribution in [1.82, 2.24) is 9.97 Å². The highest BCUT2D eigenvalue weighted by molar-refractivity contribution is 5.83. The Morgan fingerprint density at radius 1 is 1.21 bits per heavy atom. The van der Waals surface area contributed by atoms with Gasteiger partial charge in [-0.3, -0.25) is 0 Å². The van der Waals surface area contributed by atoms with Gasteiger partial charge in [0.2, 0.25) is 0 Å². The van der Waals surface area contributed by atoms with Crippen LogP contribution in [0.15, 0.2) is 59.0 Å². The lowest BCUT2D eigenvalue weighted by molar-refractivity contribution is -0.736. The SMILES string of the molecule is CO[N+](=O)c1ccc(O)c(-c2ccc(C=C(C)c3nc4ccccc4[nH]3)o2)c1. The first-order valence-electron chi connectivity index (χ1n) is 8.63. The number of phenolic OH excluding ortho intramolecular Hbond substituents is 1. The number of allylic oxidation sites excluding steroid dienone is 1. The summed E-state index contributed by atoms with van der Waals surface area (Å²) >= 11 is 0. The van der Waals surface area contributed by atoms with E-state index in [2.05, 4.69) is 14.8 Å². The van der Waals surface area contributed by atoms with Gasteiger partial charge in [0.1, 0.15) is 23.1 Å². The number of para-hydroxylation sites is 2. The van der Waals surface area contributed by atoms with Crippen LogP contribution in [0.4, 0.5) is 5.69 Å². The maximum Gasteiger partial charge on any atom is 0.317 e. The highest BCUT2D eigenvalue weighted by Crippen LogP contribution is 2.34. The van der Waals surface area contributed by atoms with Crippen molar-refractivity contribution in [3.8, 4) is 17.1 Å². The molecule has 0 fully saturated rings. The minimum atomic E-state index is 0.00661. The van der Waals surface area contributed by atoms with E-state index in [1.807, 2.05) is 37.3 Å². The standard InChI is InChI=1S/C21H17N3O4/c1-13(21-22-17-5-3-4-6-18(17)23-21)11-15-8-10-20(28-15)16-12-14(24(26)27-2)7-9-19(16)25/h3-12H,1-2H3,(H-,22,23,25,26)/p+1. The molecule has 140 valence electrons. The quantitative estimate of drug-likeness (QED) is 0.475. The summed E-state index contributed by atoms with van der Waals surface area (Å²) in [6.45, 7) is 1.94. The second-order valence-electron chi connectivity index (χ2n) is 6.27. The molecule has 0 bridgehead atoms. The van der Waals surface area contributed by atoms with Crippen LogP contribution >= 0.6 is 0 Å². The highest BCUT2D eigenvalue weighted by Gasteiger charge is 2.19. The van der Waals surface area contributed by atoms with Gasteiger partial charge < -0.3 is 14.5 Å². The number of nitrogens with zero attached hydrogens (tertiary/aromatic N) is 2. The lowest BCUT2D eigenvalue weighted by Crippen LogP contribution is -1.97. The lowest BCUT2D eigenvalue weighted by Gasteiger charge is -2.00. The van der Waals surface area contributed by atoms with Gasteiger partial charge in [0.15, 0.2) is 7.11 Å². The third kappa shape index (κ3) is 3.25. The van der Waals surface area contributed by atoms with Gasteiger partial charge in [-0.25, -0.2) is 9.82 Å². The third-order valence-electron chi connectivity index (χ3n) is 4.37. The number of H-pyrrole nitrogens is 1. The number of aromatic amines is 1. The van der Waals surface area contributed by atoms with Crippen LogP contribution in [0.25, 0.3) is 34.0 Å². The summed E-state index contributed by atoms with van der Waals surface area (Å²) in [5.74, 6) is 1.80. The molecule has 28 heavy (non-hydrogen) atoms. The van der Waals surface area contributed by atoms with Crippen LogP contribution in [0, 0.1) is 4.91 Å². The van der Waals surface area contributed by atoms with Crippen molar-refractivity contribution in [2.75, 3.05) is 7.11 Å². The van der Waals surface area contributed by atoms with E-state index >= 15 is 0 Å². The summed E-state index contributed by atoms with van der Waals surface area (Å²) in [7, 11) is 1.27. The Kier molecular flexibility index (Phi) is 4.41. The summed E-state index contributed by atoms with van der Waals surface area (Å²) < 4.78 is 5.85. The molecule has 0 saturated carbocycles. The number of nitrogens with one attached hydrogen (secondary N) is 1. The predicted octanol–water partition coefficient (Wildman–Crippen LogP) is 5.06. The molecule has 0 radical (unpaired) electrons. The van der Waals surface area contributed by atoms with Crippen LogP contribution in [-0.2, 0) is 4.84 Å². The van der Waals surface area contributed by atoms with Crippen molar-refractivity contribution in [2.45, 2.75) is 6.92 Å². The molecular weight excluding hydrogens is 358 g/mol. The van der Waals surface area contributed by atoms with Crippen molar-refractivity contribution >= 4 is 28.4 Å². The van der Waals surface area contributed by atoms with Gasteiger partial charge in [0.25, 0.3) is 4.92 Å². The van der Waals surface area contributed by atoms with E-state index in [1.165, 1.54) is 25.3 Å². The fourth-order valence-electron chi connectivity index (χ4n) is 2.94. The van der Waals surface area contributed by atoms with Crippen LogP contribution in [0.1, 0.15) is 18.5 Å². The zero-order valence-corrected chi connectivity index (χ0v) is 15.3. The first-order chi connectivity index (χ1) is 13.5. The minimum absolute atomic E-state index is 0.00661. The van der Waals surface area contributed by atoms with Crippen molar-refractivity contribution in [1.29, 1.82) is 0 Å². The number of aromatic nitrogens is 2. The van der Waals surface area contributed by atoms with Gasteiger partial charge in [-0.1, -0.05) is 12.1 Å². The van der Waals surface area contributed by atoms with Crippen LogP contribution in [0.3, 0.4) is 0 Å². The van der Waals surface area contributed by atoms with Gasteiger partial charge >= 0.3 is 5.69 Å². The van der Waals surface area contributed by atoms with Crippen LogP contribution in [-0.4, -0.2) is 27.1 Å². The number of hydrogen-bond acceptors (Lipinski definition) is 5. The monoisotopic (exact) mass is 376 g/mol. The Balaban J connectivity index is 1.66. The summed E-state index contributed by atoms with van der Waals surface area (Å²) in [6.07, 6.45) is 1.86. The summed E-state index contributed by atoms with van der Waals surface area (Å²) in [5.41, 5.74) is 3.42. The number of furan rings is 1. The molecule has 0 saturated heterocycles. The van der Waals surface area contributed by atoms with Crippen LogP contribution in [0.5, 0.6) is 5.75 Å². The molecule has 2 N–H and O–H groups in total. The summed E-state index contributed by atoms with van der Waals surface area (Å²) in [4.78, 5) is 24.5. The van der Waals surface area contributed by atoms with Crippen LogP contribution in [0.2, 0.25) is 0 Å². The molecular formula is C21H18N3O4+. The summed E-state index contributed by atoms with van der Waals surface area (Å²) in [5, 5.41) is 10.1. The molecule has 0 atom stereocenters. The number of rotatable bonds is 5. The van der Waals surface area contributed by atoms with E-state index in [9.17, 15) is 10.0 Å². The molecule has 7 heteroatoms. The maximum atomic E-state index is 11.7. The smallest absolute Gasteiger partial charge is 0.317 e. The lowest BCUT2D eigenvalue weighted by atomic mass is 10.1. The predicted molar refractivity (Wildman–Crippen MR) is 106 cm³/mol. The highest BCUT2D eigenvalue weighted by atomic mass is 16.8. The van der Waals surface area contributed by atoms with E-state index < -0.39 is 0 Å². The molecule has 4 aromatic rings. The Bertz CT molecular complexity index is 1170. The zero-order chi connectivity index (χ0) is 19.7. The molecule has 2 heterocycles. The van der Waals surface area contributed by atoms with Gasteiger partial charge in [-0.05, 0) is 48.9 Å². The van der Waals surface area contributed by atoms with E-state index in [4.69, 9.17) is 4.42 Å². The fraction of sp³-hybridized carbons (Fsp3) is 0.0952. The molecule has 2 aromatic carbocycles. The number of hydrogen-bond donors (Lipinski definition) is 2. The average molecular weight is 376 g/mol. The second kappa shape index (κ2) is 7.03.